The molecule has 3 rings (SSSR count). The highest BCUT2D eigenvalue weighted by Crippen LogP contribution is 2.31. The Kier molecular flexibility index (Phi) is 6.24. The molecule has 0 atom stereocenters. The van der Waals surface area contributed by atoms with Crippen LogP contribution >= 0.6 is 0 Å². The molecule has 2 aromatic carbocycles. The molecule has 2 aromatic rings. The molecule has 0 fully saturated rings. The predicted octanol–water partition coefficient (Wildman–Crippen LogP) is 3.97. The van der Waals surface area contributed by atoms with Gasteiger partial charge in [0.05, 0.1) is 4.92 Å². The highest BCUT2D eigenvalue weighted by atomic mass is 19.4. The van der Waals surface area contributed by atoms with Crippen molar-refractivity contribution in [2.75, 3.05) is 19.8 Å². The third kappa shape index (κ3) is 5.72. The number of nitrogens with zero attached hydrogens (tertiary/aromatic N) is 2. The number of halogens is 3. The van der Waals surface area contributed by atoms with Crippen molar-refractivity contribution in [2.45, 2.75) is 12.7 Å². The maximum atomic E-state index is 13.0. The normalized spacial score (nSPS) is 13.3. The van der Waals surface area contributed by atoms with Gasteiger partial charge in [-0.2, -0.15) is 13.2 Å². The van der Waals surface area contributed by atoms with E-state index in [0.29, 0.717) is 40.7 Å². The number of amides is 1. The number of ether oxygens (including phenoxy) is 2. The molecule has 158 valence electrons. The second kappa shape index (κ2) is 8.85. The van der Waals surface area contributed by atoms with Crippen molar-refractivity contribution in [3.05, 3.63) is 69.8 Å². The highest BCUT2D eigenvalue weighted by molar-refractivity contribution is 5.91. The molecule has 0 aliphatic carbocycles. The molecule has 1 heterocycles. The number of fused-ring (bicyclic) bond motifs is 1. The summed E-state index contributed by atoms with van der Waals surface area (Å²) in [5.74, 6) is 0.0169. The van der Waals surface area contributed by atoms with E-state index in [1.165, 1.54) is 36.4 Å². The molecule has 1 amide bonds. The zero-order valence-electron chi connectivity index (χ0n) is 15.6. The molecule has 0 unspecified atom stereocenters. The van der Waals surface area contributed by atoms with Gasteiger partial charge in [0.1, 0.15) is 19.8 Å². The Morgan fingerprint density at radius 2 is 1.87 bits per heavy atom. The van der Waals surface area contributed by atoms with Crippen LogP contribution in [0.3, 0.4) is 0 Å². The van der Waals surface area contributed by atoms with Crippen LogP contribution in [0.2, 0.25) is 0 Å². The summed E-state index contributed by atoms with van der Waals surface area (Å²) in [5.41, 5.74) is 0.581. The quantitative estimate of drug-likeness (QED) is 0.400. The van der Waals surface area contributed by atoms with Gasteiger partial charge >= 0.3 is 6.18 Å². The maximum Gasteiger partial charge on any atom is 0.406 e. The second-order valence-corrected chi connectivity index (χ2v) is 6.47. The molecule has 0 N–H and O–H groups in total. The zero-order chi connectivity index (χ0) is 21.7. The largest absolute Gasteiger partial charge is 0.486 e. The standard InChI is InChI=1S/C20H17F3N2O5/c21-20(22,23)13-24(12-15-4-6-17-18(11-15)30-9-8-29-17)19(26)7-5-14-2-1-3-16(10-14)25(27)28/h1-7,10-11H,8-9,12-13H2/b7-5+. The Bertz CT molecular complexity index is 975. The molecule has 1 aliphatic heterocycles. The lowest BCUT2D eigenvalue weighted by Crippen LogP contribution is -2.37. The first kappa shape index (κ1) is 21.2. The number of nitro benzene ring substituents is 1. The summed E-state index contributed by atoms with van der Waals surface area (Å²) in [6.07, 6.45) is -2.39. The van der Waals surface area contributed by atoms with Crippen LogP contribution in [-0.4, -0.2) is 41.7 Å². The van der Waals surface area contributed by atoms with Crippen LogP contribution in [0, 0.1) is 10.1 Å². The minimum Gasteiger partial charge on any atom is -0.486 e. The van der Waals surface area contributed by atoms with Crippen molar-refractivity contribution in [1.82, 2.24) is 4.90 Å². The van der Waals surface area contributed by atoms with Gasteiger partial charge in [-0.3, -0.25) is 14.9 Å². The van der Waals surface area contributed by atoms with E-state index in [9.17, 15) is 28.1 Å². The van der Waals surface area contributed by atoms with Crippen molar-refractivity contribution in [1.29, 1.82) is 0 Å². The first-order chi connectivity index (χ1) is 14.2. The second-order valence-electron chi connectivity index (χ2n) is 6.47. The van der Waals surface area contributed by atoms with Crippen molar-refractivity contribution in [2.24, 2.45) is 0 Å². The summed E-state index contributed by atoms with van der Waals surface area (Å²) in [5, 5.41) is 10.8. The number of carbonyl (C=O) groups is 1. The Labute approximate surface area is 169 Å². The number of non-ortho nitro benzene ring substituents is 1. The van der Waals surface area contributed by atoms with E-state index in [1.807, 2.05) is 0 Å². The number of alkyl halides is 3. The topological polar surface area (TPSA) is 81.9 Å². The lowest BCUT2D eigenvalue weighted by atomic mass is 10.1. The molecule has 0 saturated heterocycles. The number of hydrogen-bond donors (Lipinski definition) is 0. The molecule has 0 spiro atoms. The fourth-order valence-electron chi connectivity index (χ4n) is 2.85. The number of benzene rings is 2. The van der Waals surface area contributed by atoms with E-state index in [2.05, 4.69) is 0 Å². The molecule has 0 saturated carbocycles. The summed E-state index contributed by atoms with van der Waals surface area (Å²) in [6, 6.07) is 10.1. The lowest BCUT2D eigenvalue weighted by molar-refractivity contribution is -0.384. The number of carbonyl (C=O) groups excluding carboxylic acids is 1. The minimum absolute atomic E-state index is 0.187. The van der Waals surface area contributed by atoms with Gasteiger partial charge in [0.25, 0.3) is 5.69 Å². The average molecular weight is 422 g/mol. The molecular formula is C20H17F3N2O5. The maximum absolute atomic E-state index is 13.0. The van der Waals surface area contributed by atoms with Gasteiger partial charge in [0.15, 0.2) is 11.5 Å². The number of rotatable bonds is 6. The van der Waals surface area contributed by atoms with Gasteiger partial charge in [0, 0.05) is 24.8 Å². The van der Waals surface area contributed by atoms with E-state index in [-0.39, 0.29) is 12.2 Å². The first-order valence-electron chi connectivity index (χ1n) is 8.88. The summed E-state index contributed by atoms with van der Waals surface area (Å²) < 4.78 is 49.8. The minimum atomic E-state index is -4.59. The first-order valence-corrected chi connectivity index (χ1v) is 8.88. The molecule has 0 aromatic heterocycles. The predicted molar refractivity (Wildman–Crippen MR) is 101 cm³/mol. The van der Waals surface area contributed by atoms with Crippen LogP contribution in [0.15, 0.2) is 48.5 Å². The van der Waals surface area contributed by atoms with Crippen molar-refractivity contribution >= 4 is 17.7 Å². The summed E-state index contributed by atoms with van der Waals surface area (Å²) in [6.45, 7) is -1.03. The van der Waals surface area contributed by atoms with E-state index in [0.717, 1.165) is 6.08 Å². The van der Waals surface area contributed by atoms with Gasteiger partial charge in [-0.25, -0.2) is 0 Å². The fourth-order valence-corrected chi connectivity index (χ4v) is 2.85. The summed E-state index contributed by atoms with van der Waals surface area (Å²) in [4.78, 5) is 23.3. The van der Waals surface area contributed by atoms with E-state index < -0.39 is 23.6 Å². The third-order valence-electron chi connectivity index (χ3n) is 4.16. The van der Waals surface area contributed by atoms with E-state index in [1.54, 1.807) is 12.1 Å². The smallest absolute Gasteiger partial charge is 0.406 e. The summed E-state index contributed by atoms with van der Waals surface area (Å²) in [7, 11) is 0. The fraction of sp³-hybridized carbons (Fsp3) is 0.250. The molecule has 10 heteroatoms. The Balaban J connectivity index is 1.78. The zero-order valence-corrected chi connectivity index (χ0v) is 15.6. The van der Waals surface area contributed by atoms with E-state index >= 15 is 0 Å². The molecule has 30 heavy (non-hydrogen) atoms. The van der Waals surface area contributed by atoms with Crippen LogP contribution in [0.25, 0.3) is 6.08 Å². The summed E-state index contributed by atoms with van der Waals surface area (Å²) >= 11 is 0. The van der Waals surface area contributed by atoms with Gasteiger partial charge in [-0.15, -0.1) is 0 Å². The monoisotopic (exact) mass is 422 g/mol. The lowest BCUT2D eigenvalue weighted by Gasteiger charge is -2.24. The number of hydrogen-bond acceptors (Lipinski definition) is 5. The van der Waals surface area contributed by atoms with Crippen molar-refractivity contribution in [3.63, 3.8) is 0 Å². The van der Waals surface area contributed by atoms with Gasteiger partial charge < -0.3 is 14.4 Å². The molecule has 0 radical (unpaired) electrons. The van der Waals surface area contributed by atoms with Gasteiger partial charge in [0.2, 0.25) is 5.91 Å². The molecular weight excluding hydrogens is 405 g/mol. The highest BCUT2D eigenvalue weighted by Gasteiger charge is 2.32. The van der Waals surface area contributed by atoms with Gasteiger partial charge in [-0.1, -0.05) is 18.2 Å². The molecule has 1 aliphatic rings. The molecule has 7 nitrogen and oxygen atoms in total. The Morgan fingerprint density at radius 1 is 1.13 bits per heavy atom. The van der Waals surface area contributed by atoms with Crippen LogP contribution in [-0.2, 0) is 11.3 Å². The number of nitro groups is 1. The van der Waals surface area contributed by atoms with Crippen LogP contribution in [0.1, 0.15) is 11.1 Å². The van der Waals surface area contributed by atoms with Crippen LogP contribution in [0.5, 0.6) is 11.5 Å². The van der Waals surface area contributed by atoms with Crippen molar-refractivity contribution < 1.29 is 32.4 Å². The Hall–Kier alpha value is -3.56. The van der Waals surface area contributed by atoms with Gasteiger partial charge in [-0.05, 0) is 29.3 Å². The van der Waals surface area contributed by atoms with E-state index in [4.69, 9.17) is 9.47 Å². The average Bonchev–Trinajstić information content (AvgIpc) is 2.70. The molecule has 0 bridgehead atoms. The van der Waals surface area contributed by atoms with Crippen molar-refractivity contribution in [3.8, 4) is 11.5 Å². The van der Waals surface area contributed by atoms with Crippen LogP contribution < -0.4 is 9.47 Å². The van der Waals surface area contributed by atoms with Crippen LogP contribution in [0.4, 0.5) is 18.9 Å². The SMILES string of the molecule is O=C(/C=C/c1cccc([N+](=O)[O-])c1)N(Cc1ccc2c(c1)OCCO2)CC(F)(F)F. The Morgan fingerprint density at radius 3 is 2.57 bits per heavy atom. The third-order valence-corrected chi connectivity index (χ3v) is 4.16.